The van der Waals surface area contributed by atoms with Crippen LogP contribution in [-0.4, -0.2) is 35.7 Å². The molecule has 7 heteroatoms. The summed E-state index contributed by atoms with van der Waals surface area (Å²) in [5.41, 5.74) is 0.928. The van der Waals surface area contributed by atoms with E-state index in [0.29, 0.717) is 19.4 Å². The number of carboxylic acid groups (broad SMARTS) is 1. The highest BCUT2D eigenvalue weighted by Crippen LogP contribution is 2.04. The number of carboxylic acids is 1. The predicted molar refractivity (Wildman–Crippen MR) is 102 cm³/mol. The normalized spacial score (nSPS) is 11.4. The molecular formula is C20H30N2O5. The molecule has 0 aliphatic heterocycles. The molecule has 2 amide bonds. The van der Waals surface area contributed by atoms with Gasteiger partial charge in [-0.15, -0.1) is 0 Å². The maximum Gasteiger partial charge on any atom is 0.407 e. The summed E-state index contributed by atoms with van der Waals surface area (Å²) in [5.74, 6) is -1.23. The van der Waals surface area contributed by atoms with Crippen molar-refractivity contribution in [3.8, 4) is 0 Å². The first-order valence-corrected chi connectivity index (χ1v) is 9.49. The van der Waals surface area contributed by atoms with Crippen LogP contribution >= 0.6 is 0 Å². The Labute approximate surface area is 160 Å². The van der Waals surface area contributed by atoms with E-state index in [9.17, 15) is 14.4 Å². The van der Waals surface area contributed by atoms with E-state index in [1.807, 2.05) is 37.3 Å². The lowest BCUT2D eigenvalue weighted by molar-refractivity contribution is -0.142. The Kier molecular flexibility index (Phi) is 11.3. The maximum absolute atomic E-state index is 11.8. The van der Waals surface area contributed by atoms with Crippen LogP contribution in [0.5, 0.6) is 0 Å². The fourth-order valence-corrected chi connectivity index (χ4v) is 2.48. The number of ether oxygens (including phenoxy) is 1. The third-order valence-electron chi connectivity index (χ3n) is 4.04. The molecule has 0 aliphatic rings. The summed E-state index contributed by atoms with van der Waals surface area (Å²) in [6.07, 6.45) is 4.07. The molecule has 0 saturated heterocycles. The number of carbonyl (C=O) groups is 3. The lowest BCUT2D eigenvalue weighted by atomic mass is 10.1. The van der Waals surface area contributed by atoms with E-state index in [1.165, 1.54) is 0 Å². The summed E-state index contributed by atoms with van der Waals surface area (Å²) in [4.78, 5) is 34.5. The highest BCUT2D eigenvalue weighted by Gasteiger charge is 2.18. The van der Waals surface area contributed by atoms with E-state index in [0.717, 1.165) is 31.2 Å². The predicted octanol–water partition coefficient (Wildman–Crippen LogP) is 3.23. The number of hydrogen-bond acceptors (Lipinski definition) is 4. The number of aliphatic carboxylic acids is 1. The zero-order valence-electron chi connectivity index (χ0n) is 15.9. The van der Waals surface area contributed by atoms with Crippen molar-refractivity contribution in [2.45, 2.75) is 64.5 Å². The molecule has 27 heavy (non-hydrogen) atoms. The monoisotopic (exact) mass is 378 g/mol. The van der Waals surface area contributed by atoms with Gasteiger partial charge >= 0.3 is 12.1 Å². The molecule has 7 nitrogen and oxygen atoms in total. The standard InChI is InChI=1S/C20H30N2O5/c1-2-3-12-17(19(24)25)22-18(23)13-8-5-9-14-21-20(26)27-15-16-10-6-4-7-11-16/h4,6-7,10-11,17H,2-3,5,8-9,12-15H2,1H3,(H,21,26)(H,22,23)(H,24,25)/t17-/m1/s1. The van der Waals surface area contributed by atoms with Crippen LogP contribution in [0.2, 0.25) is 0 Å². The van der Waals surface area contributed by atoms with Crippen LogP contribution < -0.4 is 10.6 Å². The van der Waals surface area contributed by atoms with E-state index >= 15 is 0 Å². The van der Waals surface area contributed by atoms with Crippen molar-refractivity contribution in [1.82, 2.24) is 10.6 Å². The van der Waals surface area contributed by atoms with Crippen molar-refractivity contribution in [2.24, 2.45) is 0 Å². The summed E-state index contributed by atoms with van der Waals surface area (Å²) < 4.78 is 5.10. The number of hydrogen-bond donors (Lipinski definition) is 3. The van der Waals surface area contributed by atoms with Crippen molar-refractivity contribution < 1.29 is 24.2 Å². The molecule has 0 aliphatic carbocycles. The first-order chi connectivity index (χ1) is 13.0. The zero-order valence-corrected chi connectivity index (χ0v) is 15.9. The van der Waals surface area contributed by atoms with E-state index in [1.54, 1.807) is 0 Å². The molecule has 0 bridgehead atoms. The third-order valence-corrected chi connectivity index (χ3v) is 4.04. The fourth-order valence-electron chi connectivity index (χ4n) is 2.48. The van der Waals surface area contributed by atoms with Gasteiger partial charge in [0, 0.05) is 13.0 Å². The van der Waals surface area contributed by atoms with E-state index in [4.69, 9.17) is 9.84 Å². The van der Waals surface area contributed by atoms with Gasteiger partial charge in [0.05, 0.1) is 0 Å². The number of rotatable bonds is 13. The highest BCUT2D eigenvalue weighted by molar-refractivity contribution is 5.83. The Bertz CT molecular complexity index is 577. The summed E-state index contributed by atoms with van der Waals surface area (Å²) in [7, 11) is 0. The molecule has 1 atom stereocenters. The smallest absolute Gasteiger partial charge is 0.407 e. The largest absolute Gasteiger partial charge is 0.480 e. The molecule has 0 aromatic heterocycles. The first kappa shape index (κ1) is 22.5. The van der Waals surface area contributed by atoms with E-state index in [2.05, 4.69) is 10.6 Å². The van der Waals surface area contributed by atoms with Gasteiger partial charge in [-0.3, -0.25) is 4.79 Å². The van der Waals surface area contributed by atoms with Crippen LogP contribution in [0, 0.1) is 0 Å². The average Bonchev–Trinajstić information content (AvgIpc) is 2.66. The molecule has 1 aromatic carbocycles. The second kappa shape index (κ2) is 13.6. The van der Waals surface area contributed by atoms with Gasteiger partial charge in [0.1, 0.15) is 12.6 Å². The number of amides is 2. The number of benzene rings is 1. The van der Waals surface area contributed by atoms with Gasteiger partial charge < -0.3 is 20.5 Å². The number of nitrogens with one attached hydrogen (secondary N) is 2. The van der Waals surface area contributed by atoms with Crippen molar-refractivity contribution in [3.05, 3.63) is 35.9 Å². The van der Waals surface area contributed by atoms with Gasteiger partial charge in [0.25, 0.3) is 0 Å². The molecule has 0 spiro atoms. The Hall–Kier alpha value is -2.57. The van der Waals surface area contributed by atoms with Crippen molar-refractivity contribution in [1.29, 1.82) is 0 Å². The van der Waals surface area contributed by atoms with Crippen molar-refractivity contribution in [2.75, 3.05) is 6.54 Å². The topological polar surface area (TPSA) is 105 Å². The third kappa shape index (κ3) is 10.9. The lowest BCUT2D eigenvalue weighted by Crippen LogP contribution is -2.40. The van der Waals surface area contributed by atoms with Crippen LogP contribution in [0.25, 0.3) is 0 Å². The first-order valence-electron chi connectivity index (χ1n) is 9.49. The SMILES string of the molecule is CCCC[C@@H](NC(=O)CCCCCNC(=O)OCc1ccccc1)C(=O)O. The minimum atomic E-state index is -0.991. The molecule has 0 saturated carbocycles. The van der Waals surface area contributed by atoms with Gasteiger partial charge in [-0.25, -0.2) is 9.59 Å². The Morgan fingerprint density at radius 1 is 1.07 bits per heavy atom. The summed E-state index contributed by atoms with van der Waals surface area (Å²) in [6.45, 7) is 2.69. The van der Waals surface area contributed by atoms with Gasteiger partial charge in [-0.1, -0.05) is 56.5 Å². The van der Waals surface area contributed by atoms with Gasteiger partial charge in [-0.2, -0.15) is 0 Å². The summed E-state index contributed by atoms with van der Waals surface area (Å²) >= 11 is 0. The Morgan fingerprint density at radius 3 is 2.48 bits per heavy atom. The fraction of sp³-hybridized carbons (Fsp3) is 0.550. The van der Waals surface area contributed by atoms with Crippen LogP contribution in [0.15, 0.2) is 30.3 Å². The molecule has 3 N–H and O–H groups in total. The quantitative estimate of drug-likeness (QED) is 0.457. The van der Waals surface area contributed by atoms with Crippen molar-refractivity contribution >= 4 is 18.0 Å². The van der Waals surface area contributed by atoms with Crippen LogP contribution in [0.4, 0.5) is 4.79 Å². The second-order valence-corrected chi connectivity index (χ2v) is 6.40. The maximum atomic E-state index is 11.8. The van der Waals surface area contributed by atoms with Crippen LogP contribution in [0.1, 0.15) is 57.4 Å². The van der Waals surface area contributed by atoms with Crippen molar-refractivity contribution in [3.63, 3.8) is 0 Å². The van der Waals surface area contributed by atoms with Crippen LogP contribution in [0.3, 0.4) is 0 Å². The Morgan fingerprint density at radius 2 is 1.81 bits per heavy atom. The lowest BCUT2D eigenvalue weighted by Gasteiger charge is -2.14. The molecule has 1 rings (SSSR count). The minimum absolute atomic E-state index is 0.232. The number of unbranched alkanes of at least 4 members (excludes halogenated alkanes) is 3. The van der Waals surface area contributed by atoms with E-state index in [-0.39, 0.29) is 18.9 Å². The molecule has 1 aromatic rings. The molecule has 0 fully saturated rings. The zero-order chi connectivity index (χ0) is 19.9. The average molecular weight is 378 g/mol. The molecule has 0 unspecified atom stereocenters. The van der Waals surface area contributed by atoms with Gasteiger partial charge in [0.15, 0.2) is 0 Å². The molecule has 150 valence electrons. The second-order valence-electron chi connectivity index (χ2n) is 6.40. The van der Waals surface area contributed by atoms with Gasteiger partial charge in [-0.05, 0) is 24.8 Å². The molecular weight excluding hydrogens is 348 g/mol. The summed E-state index contributed by atoms with van der Waals surface area (Å²) in [5, 5.41) is 14.3. The summed E-state index contributed by atoms with van der Waals surface area (Å²) in [6, 6.07) is 8.63. The minimum Gasteiger partial charge on any atom is -0.480 e. The molecule has 0 radical (unpaired) electrons. The van der Waals surface area contributed by atoms with Gasteiger partial charge in [0.2, 0.25) is 5.91 Å². The van der Waals surface area contributed by atoms with E-state index < -0.39 is 18.1 Å². The number of carbonyl (C=O) groups excluding carboxylic acids is 2. The highest BCUT2D eigenvalue weighted by atomic mass is 16.5. The molecule has 0 heterocycles. The Balaban J connectivity index is 2.06. The van der Waals surface area contributed by atoms with Crippen LogP contribution in [-0.2, 0) is 20.9 Å². The number of alkyl carbamates (subject to hydrolysis) is 1.